The molecule has 10 heteroatoms. The van der Waals surface area contributed by atoms with Gasteiger partial charge in [0.1, 0.15) is 5.75 Å². The summed E-state index contributed by atoms with van der Waals surface area (Å²) in [5.74, 6) is -0.430. The van der Waals surface area contributed by atoms with E-state index >= 15 is 0 Å². The van der Waals surface area contributed by atoms with Gasteiger partial charge in [0, 0.05) is 13.5 Å². The van der Waals surface area contributed by atoms with Crippen LogP contribution in [0.4, 0.5) is 13.2 Å². The Kier molecular flexibility index (Phi) is 4.52. The number of nitrogens with one attached hydrogen (secondary N) is 1. The third-order valence-corrected chi connectivity index (χ3v) is 3.92. The maximum atomic E-state index is 12.8. The molecule has 1 aromatic carbocycles. The Bertz CT molecular complexity index is 756. The van der Waals surface area contributed by atoms with E-state index in [9.17, 15) is 21.6 Å². The first-order valence-electron chi connectivity index (χ1n) is 6.09. The lowest BCUT2D eigenvalue weighted by Gasteiger charge is -2.13. The minimum absolute atomic E-state index is 0.0610. The van der Waals surface area contributed by atoms with E-state index in [1.165, 1.54) is 25.1 Å². The maximum absolute atomic E-state index is 12.8. The van der Waals surface area contributed by atoms with Gasteiger partial charge >= 0.3 is 6.18 Å². The van der Waals surface area contributed by atoms with Gasteiger partial charge in [-0.05, 0) is 11.6 Å². The highest BCUT2D eigenvalue weighted by molar-refractivity contribution is 7.88. The molecule has 0 aliphatic carbocycles. The van der Waals surface area contributed by atoms with Gasteiger partial charge in [-0.25, -0.2) is 13.1 Å². The van der Waals surface area contributed by atoms with Gasteiger partial charge in [0.25, 0.3) is 0 Å². The van der Waals surface area contributed by atoms with Crippen molar-refractivity contribution in [3.05, 3.63) is 47.1 Å². The van der Waals surface area contributed by atoms with E-state index in [1.807, 2.05) is 0 Å². The number of aromatic nitrogens is 2. The van der Waals surface area contributed by atoms with Gasteiger partial charge in [0.2, 0.25) is 15.9 Å². The Morgan fingerprint density at radius 3 is 2.55 bits per heavy atom. The van der Waals surface area contributed by atoms with Crippen LogP contribution in [0.3, 0.4) is 0 Å². The minimum Gasteiger partial charge on any atom is -0.340 e. The smallest absolute Gasteiger partial charge is 0.340 e. The number of nitrogens with zero attached hydrogens (tertiary/aromatic N) is 2. The summed E-state index contributed by atoms with van der Waals surface area (Å²) in [6.45, 7) is 1.02. The third kappa shape index (κ3) is 4.28. The molecule has 1 heterocycles. The molecule has 22 heavy (non-hydrogen) atoms. The van der Waals surface area contributed by atoms with Gasteiger partial charge in [-0.1, -0.05) is 23.4 Å². The number of sulfonamides is 1. The lowest BCUT2D eigenvalue weighted by atomic mass is 10.1. The summed E-state index contributed by atoms with van der Waals surface area (Å²) >= 11 is 0. The molecule has 2 aromatic rings. The Labute approximate surface area is 124 Å². The van der Waals surface area contributed by atoms with Crippen molar-refractivity contribution in [1.29, 1.82) is 0 Å². The van der Waals surface area contributed by atoms with Crippen LogP contribution in [-0.2, 0) is 28.5 Å². The summed E-state index contributed by atoms with van der Waals surface area (Å²) in [5.41, 5.74) is -1.05. The molecule has 0 fully saturated rings. The Hall–Kier alpha value is -1.94. The molecule has 0 unspecified atom stereocenters. The Morgan fingerprint density at radius 2 is 1.95 bits per heavy atom. The van der Waals surface area contributed by atoms with Gasteiger partial charge in [0.05, 0.1) is 5.56 Å². The molecule has 1 N–H and O–H groups in total. The van der Waals surface area contributed by atoms with Crippen molar-refractivity contribution in [2.45, 2.75) is 25.4 Å². The van der Waals surface area contributed by atoms with Crippen LogP contribution in [0.2, 0.25) is 0 Å². The summed E-state index contributed by atoms with van der Waals surface area (Å²) in [7, 11) is -3.88. The standard InChI is InChI=1S/C12H12F3N3O3S/c1-8-17-11(18-21-8)7-22(19,20)16-6-9-4-2-3-5-10(9)12(13,14)15/h2-5,16H,6-7H2,1H3. The molecule has 2 rings (SSSR count). The van der Waals surface area contributed by atoms with Gasteiger partial charge in [-0.3, -0.25) is 0 Å². The summed E-state index contributed by atoms with van der Waals surface area (Å²) in [4.78, 5) is 3.73. The Balaban J connectivity index is 2.09. The number of halogens is 3. The topological polar surface area (TPSA) is 85.1 Å². The van der Waals surface area contributed by atoms with Crippen LogP contribution >= 0.6 is 0 Å². The zero-order chi connectivity index (χ0) is 16.4. The molecular formula is C12H12F3N3O3S. The second-order valence-corrected chi connectivity index (χ2v) is 6.27. The molecule has 0 amide bonds. The zero-order valence-electron chi connectivity index (χ0n) is 11.4. The van der Waals surface area contributed by atoms with Crippen molar-refractivity contribution in [1.82, 2.24) is 14.9 Å². The van der Waals surface area contributed by atoms with Crippen LogP contribution in [0.1, 0.15) is 22.8 Å². The second-order valence-electron chi connectivity index (χ2n) is 4.46. The molecule has 0 aliphatic rings. The lowest BCUT2D eigenvalue weighted by molar-refractivity contribution is -0.138. The number of hydrogen-bond donors (Lipinski definition) is 1. The van der Waals surface area contributed by atoms with Crippen molar-refractivity contribution in [3.63, 3.8) is 0 Å². The van der Waals surface area contributed by atoms with Crippen LogP contribution in [0.5, 0.6) is 0 Å². The molecule has 0 spiro atoms. The van der Waals surface area contributed by atoms with Crippen LogP contribution in [0.15, 0.2) is 28.8 Å². The summed E-state index contributed by atoms with van der Waals surface area (Å²) in [6, 6.07) is 4.75. The van der Waals surface area contributed by atoms with E-state index in [0.717, 1.165) is 6.07 Å². The maximum Gasteiger partial charge on any atom is 0.416 e. The van der Waals surface area contributed by atoms with Crippen molar-refractivity contribution < 1.29 is 26.1 Å². The predicted molar refractivity (Wildman–Crippen MR) is 69.9 cm³/mol. The van der Waals surface area contributed by atoms with Gasteiger partial charge in [0.15, 0.2) is 5.82 Å². The third-order valence-electron chi connectivity index (χ3n) is 2.69. The quantitative estimate of drug-likeness (QED) is 0.903. The van der Waals surface area contributed by atoms with Crippen molar-refractivity contribution in [3.8, 4) is 0 Å². The van der Waals surface area contributed by atoms with Crippen molar-refractivity contribution in [2.75, 3.05) is 0 Å². The highest BCUT2D eigenvalue weighted by atomic mass is 32.2. The van der Waals surface area contributed by atoms with Crippen molar-refractivity contribution >= 4 is 10.0 Å². The van der Waals surface area contributed by atoms with Gasteiger partial charge in [-0.15, -0.1) is 0 Å². The molecule has 0 aliphatic heterocycles. The number of rotatable bonds is 5. The SMILES string of the molecule is Cc1nc(CS(=O)(=O)NCc2ccccc2C(F)(F)F)no1. The average molecular weight is 335 g/mol. The van der Waals surface area contributed by atoms with E-state index < -0.39 is 34.1 Å². The molecule has 6 nitrogen and oxygen atoms in total. The molecule has 0 bridgehead atoms. The highest BCUT2D eigenvalue weighted by Gasteiger charge is 2.33. The summed E-state index contributed by atoms with van der Waals surface area (Å²) in [5, 5.41) is 3.43. The first-order chi connectivity index (χ1) is 10.2. The lowest BCUT2D eigenvalue weighted by Crippen LogP contribution is -2.26. The minimum atomic E-state index is -4.55. The van der Waals surface area contributed by atoms with E-state index in [-0.39, 0.29) is 17.3 Å². The van der Waals surface area contributed by atoms with E-state index in [4.69, 9.17) is 0 Å². The number of alkyl halides is 3. The molecule has 0 atom stereocenters. The van der Waals surface area contributed by atoms with Crippen molar-refractivity contribution in [2.24, 2.45) is 0 Å². The fourth-order valence-corrected chi connectivity index (χ4v) is 2.69. The van der Waals surface area contributed by atoms with E-state index in [1.54, 1.807) is 0 Å². The number of aryl methyl sites for hydroxylation is 1. The van der Waals surface area contributed by atoms with Crippen LogP contribution < -0.4 is 4.72 Å². The van der Waals surface area contributed by atoms with Crippen LogP contribution in [0.25, 0.3) is 0 Å². The molecule has 0 radical (unpaired) electrons. The number of hydrogen-bond acceptors (Lipinski definition) is 5. The highest BCUT2D eigenvalue weighted by Crippen LogP contribution is 2.31. The average Bonchev–Trinajstić information content (AvgIpc) is 2.80. The zero-order valence-corrected chi connectivity index (χ0v) is 12.2. The fraction of sp³-hybridized carbons (Fsp3) is 0.333. The van der Waals surface area contributed by atoms with Crippen LogP contribution in [0, 0.1) is 6.92 Å². The largest absolute Gasteiger partial charge is 0.416 e. The van der Waals surface area contributed by atoms with E-state index in [2.05, 4.69) is 19.4 Å². The summed E-state index contributed by atoms with van der Waals surface area (Å²) < 4.78 is 68.8. The second kappa shape index (κ2) is 6.05. The fourth-order valence-electron chi connectivity index (χ4n) is 1.76. The molecule has 0 saturated carbocycles. The van der Waals surface area contributed by atoms with Gasteiger partial charge < -0.3 is 4.52 Å². The molecule has 1 aromatic heterocycles. The molecule has 120 valence electrons. The normalized spacial score (nSPS) is 12.5. The number of benzene rings is 1. The molecule has 0 saturated heterocycles. The summed E-state index contributed by atoms with van der Waals surface area (Å²) in [6.07, 6.45) is -4.55. The molecular weight excluding hydrogens is 323 g/mol. The monoisotopic (exact) mass is 335 g/mol. The predicted octanol–water partition coefficient (Wildman–Crippen LogP) is 2.02. The van der Waals surface area contributed by atoms with Crippen LogP contribution in [-0.4, -0.2) is 18.6 Å². The Morgan fingerprint density at radius 1 is 1.27 bits per heavy atom. The first-order valence-corrected chi connectivity index (χ1v) is 7.74. The van der Waals surface area contributed by atoms with Gasteiger partial charge in [-0.2, -0.15) is 18.2 Å². The van der Waals surface area contributed by atoms with E-state index in [0.29, 0.717) is 0 Å². The first kappa shape index (κ1) is 16.4.